The lowest BCUT2D eigenvalue weighted by Gasteiger charge is -2.20. The number of aromatic hydroxyl groups is 4. The third-order valence-electron chi connectivity index (χ3n) is 6.98. The van der Waals surface area contributed by atoms with Crippen molar-refractivity contribution in [3.63, 3.8) is 0 Å². The number of esters is 2. The Morgan fingerprint density at radius 1 is 0.857 bits per heavy atom. The Morgan fingerprint density at radius 3 is 2.08 bits per heavy atom. The summed E-state index contributed by atoms with van der Waals surface area (Å²) < 4.78 is 49.0. The predicted molar refractivity (Wildman–Crippen MR) is 159 cm³/mol. The highest BCUT2D eigenvalue weighted by molar-refractivity contribution is 6.18. The Labute approximate surface area is 275 Å². The molecule has 3 aromatic rings. The number of carbonyl (C=O) groups excluding carboxylic acids is 5. The first-order valence-electron chi connectivity index (χ1n) is 14.4. The first kappa shape index (κ1) is 36.0. The van der Waals surface area contributed by atoms with Gasteiger partial charge in [0.05, 0.1) is 42.4 Å². The number of alkyl halides is 3. The number of hydrogen-bond acceptors (Lipinski definition) is 13. The fourth-order valence-corrected chi connectivity index (χ4v) is 4.67. The van der Waals surface area contributed by atoms with Crippen molar-refractivity contribution in [2.75, 3.05) is 19.7 Å². The van der Waals surface area contributed by atoms with Gasteiger partial charge in [0.15, 0.2) is 0 Å². The molecule has 2 atom stereocenters. The average molecular weight is 691 g/mol. The van der Waals surface area contributed by atoms with Crippen molar-refractivity contribution in [3.8, 4) is 23.0 Å². The van der Waals surface area contributed by atoms with Gasteiger partial charge in [-0.1, -0.05) is 19.9 Å². The number of nitrogens with one attached hydrogen (secondary N) is 1. The number of amides is 1. The van der Waals surface area contributed by atoms with Crippen LogP contribution in [0.1, 0.15) is 60.8 Å². The number of hydroxylamine groups is 2. The molecule has 2 unspecified atom stereocenters. The maximum atomic E-state index is 13.4. The largest absolute Gasteiger partial charge is 0.508 e. The topological polar surface area (TPSA) is 209 Å². The van der Waals surface area contributed by atoms with E-state index < -0.39 is 94.9 Å². The minimum atomic E-state index is -5.36. The van der Waals surface area contributed by atoms with Gasteiger partial charge in [0.1, 0.15) is 34.7 Å². The molecule has 5 N–H and O–H groups in total. The van der Waals surface area contributed by atoms with Gasteiger partial charge in [0.2, 0.25) is 5.78 Å². The van der Waals surface area contributed by atoms with Crippen molar-refractivity contribution in [1.82, 2.24) is 10.4 Å². The molecular formula is C32H29F3N2O12. The molecule has 0 aliphatic carbocycles. The molecule has 1 amide bonds. The van der Waals surface area contributed by atoms with E-state index in [9.17, 15) is 57.6 Å². The molecule has 0 spiro atoms. The molecule has 1 aliphatic heterocycles. The predicted octanol–water partition coefficient (Wildman–Crippen LogP) is 3.21. The third-order valence-corrected chi connectivity index (χ3v) is 6.98. The number of ether oxygens (including phenoxy) is 2. The van der Waals surface area contributed by atoms with Crippen LogP contribution in [0.4, 0.5) is 13.2 Å². The fourth-order valence-electron chi connectivity index (χ4n) is 4.67. The first-order valence-corrected chi connectivity index (χ1v) is 14.4. The van der Waals surface area contributed by atoms with Gasteiger partial charge in [0, 0.05) is 5.56 Å². The summed E-state index contributed by atoms with van der Waals surface area (Å²) in [6.45, 7) is 2.32. The van der Waals surface area contributed by atoms with Crippen LogP contribution in [-0.2, 0) is 19.1 Å². The van der Waals surface area contributed by atoms with E-state index >= 15 is 0 Å². The van der Waals surface area contributed by atoms with Crippen molar-refractivity contribution in [2.45, 2.75) is 32.2 Å². The summed E-state index contributed by atoms with van der Waals surface area (Å²) in [5.74, 6) is -9.68. The van der Waals surface area contributed by atoms with Crippen LogP contribution in [0.3, 0.4) is 0 Å². The molecule has 0 radical (unpaired) electrons. The lowest BCUT2D eigenvalue weighted by molar-refractivity contribution is -0.235. The van der Waals surface area contributed by atoms with Crippen molar-refractivity contribution < 1.29 is 71.9 Å². The highest BCUT2D eigenvalue weighted by Gasteiger charge is 2.46. The van der Waals surface area contributed by atoms with Crippen LogP contribution in [0.15, 0.2) is 54.6 Å². The summed E-state index contributed by atoms with van der Waals surface area (Å²) >= 11 is 0. The summed E-state index contributed by atoms with van der Waals surface area (Å²) in [6, 6.07) is 8.58. The highest BCUT2D eigenvalue weighted by atomic mass is 19.4. The number of halogens is 3. The molecular weight excluding hydrogens is 661 g/mol. The first-order chi connectivity index (χ1) is 23.0. The summed E-state index contributed by atoms with van der Waals surface area (Å²) in [5, 5.41) is 44.3. The molecule has 0 saturated carbocycles. The molecule has 14 nitrogen and oxygen atoms in total. The Hall–Kier alpha value is -5.84. The second-order valence-electron chi connectivity index (χ2n) is 11.2. The lowest BCUT2D eigenvalue weighted by Crippen LogP contribution is -2.44. The molecule has 3 aromatic carbocycles. The van der Waals surface area contributed by atoms with E-state index in [-0.39, 0.29) is 29.4 Å². The highest BCUT2D eigenvalue weighted by Crippen LogP contribution is 2.35. The zero-order valence-electron chi connectivity index (χ0n) is 25.7. The minimum absolute atomic E-state index is 0.0136. The fraction of sp³-hybridized carbons (Fsp3) is 0.281. The van der Waals surface area contributed by atoms with Crippen LogP contribution < -0.4 is 5.32 Å². The zero-order valence-corrected chi connectivity index (χ0v) is 25.7. The molecule has 1 saturated heterocycles. The lowest BCUT2D eigenvalue weighted by atomic mass is 9.95. The van der Waals surface area contributed by atoms with Gasteiger partial charge in [-0.2, -0.15) is 13.2 Å². The summed E-state index contributed by atoms with van der Waals surface area (Å²) in [4.78, 5) is 67.8. The molecule has 1 heterocycles. The van der Waals surface area contributed by atoms with Gasteiger partial charge < -0.3 is 40.1 Å². The maximum absolute atomic E-state index is 13.4. The van der Waals surface area contributed by atoms with Crippen LogP contribution in [0.25, 0.3) is 0 Å². The number of benzene rings is 3. The van der Waals surface area contributed by atoms with E-state index in [1.54, 1.807) is 13.8 Å². The van der Waals surface area contributed by atoms with E-state index in [1.165, 1.54) is 36.4 Å². The van der Waals surface area contributed by atoms with Gasteiger partial charge in [-0.25, -0.2) is 14.4 Å². The van der Waals surface area contributed by atoms with Crippen LogP contribution in [-0.4, -0.2) is 93.1 Å². The van der Waals surface area contributed by atoms with Crippen molar-refractivity contribution in [2.24, 2.45) is 5.92 Å². The van der Waals surface area contributed by atoms with Gasteiger partial charge in [-0.15, -0.1) is 5.06 Å². The van der Waals surface area contributed by atoms with Gasteiger partial charge in [0.25, 0.3) is 5.91 Å². The molecule has 49 heavy (non-hydrogen) atoms. The second kappa shape index (κ2) is 14.5. The van der Waals surface area contributed by atoms with Crippen molar-refractivity contribution in [3.05, 3.63) is 82.4 Å². The average Bonchev–Trinajstić information content (AvgIpc) is 3.38. The smallest absolute Gasteiger partial charge is 0.492 e. The van der Waals surface area contributed by atoms with Gasteiger partial charge in [-0.05, 0) is 54.4 Å². The Kier molecular flexibility index (Phi) is 10.7. The molecule has 260 valence electrons. The van der Waals surface area contributed by atoms with Crippen molar-refractivity contribution in [1.29, 1.82) is 0 Å². The van der Waals surface area contributed by atoms with Crippen molar-refractivity contribution >= 4 is 29.6 Å². The van der Waals surface area contributed by atoms with E-state index in [0.29, 0.717) is 17.2 Å². The monoisotopic (exact) mass is 690 g/mol. The quantitative estimate of drug-likeness (QED) is 0.153. The van der Waals surface area contributed by atoms with E-state index in [4.69, 9.17) is 9.47 Å². The normalized spacial score (nSPS) is 16.2. The number of rotatable bonds is 10. The number of phenols is 4. The number of nitrogens with zero attached hydrogens (tertiary/aromatic N) is 1. The van der Waals surface area contributed by atoms with Crippen LogP contribution in [0, 0.1) is 5.92 Å². The second-order valence-corrected chi connectivity index (χ2v) is 11.2. The Bertz CT molecular complexity index is 1750. The summed E-state index contributed by atoms with van der Waals surface area (Å²) in [7, 11) is 0. The number of carbonyl (C=O) groups is 5. The van der Waals surface area contributed by atoms with Gasteiger partial charge >= 0.3 is 24.1 Å². The van der Waals surface area contributed by atoms with Crippen LogP contribution in [0.5, 0.6) is 23.0 Å². The molecule has 17 heteroatoms. The molecule has 1 aliphatic rings. The van der Waals surface area contributed by atoms with E-state index in [2.05, 4.69) is 10.2 Å². The number of ketones is 1. The SMILES string of the molecule is CC(C)COC(=O)c1cccc(O)c1C(=O)c1c(O)cc(C(=O)OC2CN(OC(=O)C(F)(F)F)CC2NC(=O)c2ccc(O)cc2)cc1O. The zero-order chi connectivity index (χ0) is 36.2. The molecule has 0 bridgehead atoms. The standard InChI is InChI=1S/C32H29F3N2O12/c1-15(2)14-47-30(45)19-4-3-5-21(39)25(19)27(42)26-22(40)10-17(11-23(26)41)29(44)48-24-13-37(49-31(46)32(33,34)35)12-20(24)36-28(43)16-6-8-18(38)9-7-16/h3-11,15,20,24,38-41H,12-14H2,1-2H3,(H,36,43). The minimum Gasteiger partial charge on any atom is -0.508 e. The number of phenolic OH excluding ortho intramolecular Hbond substituents is 4. The van der Waals surface area contributed by atoms with Gasteiger partial charge in [-0.3, -0.25) is 9.59 Å². The third kappa shape index (κ3) is 8.55. The van der Waals surface area contributed by atoms with E-state index in [1.807, 2.05) is 0 Å². The summed E-state index contributed by atoms with van der Waals surface area (Å²) in [5.41, 5.74) is -2.32. The molecule has 0 aromatic heterocycles. The van der Waals surface area contributed by atoms with Crippen LogP contribution in [0.2, 0.25) is 0 Å². The molecule has 1 fully saturated rings. The molecule has 4 rings (SSSR count). The Balaban J connectivity index is 1.58. The Morgan fingerprint density at radius 2 is 1.49 bits per heavy atom. The maximum Gasteiger partial charge on any atom is 0.492 e. The summed E-state index contributed by atoms with van der Waals surface area (Å²) in [6.07, 6.45) is -6.82. The van der Waals surface area contributed by atoms with Crippen LogP contribution >= 0.6 is 0 Å². The number of hydrogen-bond donors (Lipinski definition) is 5. The van der Waals surface area contributed by atoms with E-state index in [0.717, 1.165) is 6.07 Å².